The van der Waals surface area contributed by atoms with Gasteiger partial charge in [0.25, 0.3) is 0 Å². The molecule has 186 valence electrons. The van der Waals surface area contributed by atoms with E-state index in [1.54, 1.807) is 7.05 Å². The molecule has 8 heteroatoms. The molecule has 4 atom stereocenters. The number of nitriles is 2. The fourth-order valence-corrected chi connectivity index (χ4v) is 3.14. The summed E-state index contributed by atoms with van der Waals surface area (Å²) in [6.45, 7) is 3.69. The molecule has 2 amide bonds. The van der Waals surface area contributed by atoms with Crippen LogP contribution < -0.4 is 16.8 Å². The predicted molar refractivity (Wildman–Crippen MR) is 137 cm³/mol. The molecule has 0 saturated heterocycles. The van der Waals surface area contributed by atoms with Gasteiger partial charge in [-0.1, -0.05) is 74.5 Å². The van der Waals surface area contributed by atoms with Crippen LogP contribution in [0.1, 0.15) is 37.8 Å². The Balaban J connectivity index is 0.000000351. The van der Waals surface area contributed by atoms with Gasteiger partial charge in [-0.2, -0.15) is 10.5 Å². The Morgan fingerprint density at radius 3 is 1.77 bits per heavy atom. The van der Waals surface area contributed by atoms with Crippen molar-refractivity contribution < 1.29 is 9.59 Å². The van der Waals surface area contributed by atoms with Gasteiger partial charge in [0.1, 0.15) is 12.1 Å². The monoisotopic (exact) mass is 476 g/mol. The van der Waals surface area contributed by atoms with Crippen LogP contribution in [0, 0.1) is 22.7 Å². The number of hydrogen-bond acceptors (Lipinski definition) is 6. The molecule has 0 unspecified atom stereocenters. The van der Waals surface area contributed by atoms with Gasteiger partial charge in [-0.25, -0.2) is 0 Å². The van der Waals surface area contributed by atoms with Crippen molar-refractivity contribution in [1.82, 2.24) is 10.2 Å². The van der Waals surface area contributed by atoms with E-state index in [0.29, 0.717) is 25.7 Å². The summed E-state index contributed by atoms with van der Waals surface area (Å²) < 4.78 is 0. The lowest BCUT2D eigenvalue weighted by atomic mass is 10.1. The number of likely N-dealkylation sites (N-methyl/N-ethyl adjacent to an activating group) is 1. The van der Waals surface area contributed by atoms with E-state index in [2.05, 4.69) is 17.5 Å². The van der Waals surface area contributed by atoms with Gasteiger partial charge in [-0.05, 0) is 24.0 Å². The molecule has 0 saturated carbocycles. The number of rotatable bonds is 10. The summed E-state index contributed by atoms with van der Waals surface area (Å²) in [4.78, 5) is 24.9. The molecule has 0 bridgehead atoms. The Labute approximate surface area is 208 Å². The molecule has 8 nitrogen and oxygen atoms in total. The van der Waals surface area contributed by atoms with Gasteiger partial charge in [0.2, 0.25) is 11.8 Å². The molecular weight excluding hydrogens is 440 g/mol. The van der Waals surface area contributed by atoms with Gasteiger partial charge in [0.15, 0.2) is 0 Å². The number of carbonyl (C=O) groups excluding carboxylic acids is 2. The molecule has 0 fully saturated rings. The molecule has 2 aromatic carbocycles. The summed E-state index contributed by atoms with van der Waals surface area (Å²) in [5.41, 5.74) is 13.3. The largest absolute Gasteiger partial charge is 0.339 e. The molecule has 2 rings (SSSR count). The van der Waals surface area contributed by atoms with Crippen LogP contribution in [0.25, 0.3) is 0 Å². The zero-order chi connectivity index (χ0) is 26.2. The van der Waals surface area contributed by atoms with Crippen LogP contribution in [0.2, 0.25) is 0 Å². The van der Waals surface area contributed by atoms with E-state index in [1.165, 1.54) is 4.90 Å². The number of nitrogens with zero attached hydrogens (tertiary/aromatic N) is 3. The maximum absolute atomic E-state index is 11.9. The SMILES string of the molecule is CC[C@H](N)C(=O)N(C)[C@H](C#N)Cc1ccccc1.CC[C@H](N)C(=O)N[C@H](C#N)Cc1ccccc1. The first-order valence-electron chi connectivity index (χ1n) is 11.7. The highest BCUT2D eigenvalue weighted by molar-refractivity contribution is 5.82. The zero-order valence-electron chi connectivity index (χ0n) is 20.7. The number of hydrogen-bond donors (Lipinski definition) is 3. The van der Waals surface area contributed by atoms with Crippen LogP contribution in [0.5, 0.6) is 0 Å². The third-order valence-corrected chi connectivity index (χ3v) is 5.52. The maximum atomic E-state index is 11.9. The molecule has 5 N–H and O–H groups in total. The molecule has 0 spiro atoms. The second kappa shape index (κ2) is 16.0. The van der Waals surface area contributed by atoms with Gasteiger partial charge in [-0.3, -0.25) is 9.59 Å². The third kappa shape index (κ3) is 10.4. The van der Waals surface area contributed by atoms with E-state index in [9.17, 15) is 14.9 Å². The number of nitrogens with one attached hydrogen (secondary N) is 1. The number of nitrogens with two attached hydrogens (primary N) is 2. The first-order chi connectivity index (χ1) is 16.8. The van der Waals surface area contributed by atoms with Crippen LogP contribution in [0.3, 0.4) is 0 Å². The summed E-state index contributed by atoms with van der Waals surface area (Å²) in [7, 11) is 1.63. The first-order valence-corrected chi connectivity index (χ1v) is 11.7. The maximum Gasteiger partial charge on any atom is 0.240 e. The Kier molecular flexibility index (Phi) is 13.4. The van der Waals surface area contributed by atoms with Gasteiger partial charge in [-0.15, -0.1) is 0 Å². The minimum atomic E-state index is -0.540. The van der Waals surface area contributed by atoms with Gasteiger partial charge >= 0.3 is 0 Å². The molecule has 0 heterocycles. The summed E-state index contributed by atoms with van der Waals surface area (Å²) in [5, 5.41) is 20.8. The van der Waals surface area contributed by atoms with Crippen molar-refractivity contribution in [3.8, 4) is 12.1 Å². The first kappa shape index (κ1) is 29.3. The number of amides is 2. The molecule has 0 radical (unpaired) electrons. The van der Waals surface area contributed by atoms with Crippen molar-refractivity contribution >= 4 is 11.8 Å². The summed E-state index contributed by atoms with van der Waals surface area (Å²) in [6.07, 6.45) is 2.16. The van der Waals surface area contributed by atoms with E-state index < -0.39 is 24.2 Å². The van der Waals surface area contributed by atoms with Crippen molar-refractivity contribution in [2.45, 2.75) is 63.7 Å². The van der Waals surface area contributed by atoms with Crippen LogP contribution in [0.15, 0.2) is 60.7 Å². The highest BCUT2D eigenvalue weighted by Crippen LogP contribution is 2.09. The summed E-state index contributed by atoms with van der Waals surface area (Å²) >= 11 is 0. The Bertz CT molecular complexity index is 984. The van der Waals surface area contributed by atoms with Crippen molar-refractivity contribution in [3.05, 3.63) is 71.8 Å². The second-order valence-corrected chi connectivity index (χ2v) is 8.19. The lowest BCUT2D eigenvalue weighted by Crippen LogP contribution is -2.46. The van der Waals surface area contributed by atoms with E-state index >= 15 is 0 Å². The topological polar surface area (TPSA) is 149 Å². The van der Waals surface area contributed by atoms with Gasteiger partial charge in [0, 0.05) is 19.9 Å². The zero-order valence-corrected chi connectivity index (χ0v) is 20.7. The molecule has 0 aromatic heterocycles. The van der Waals surface area contributed by atoms with E-state index in [1.807, 2.05) is 74.5 Å². The Morgan fingerprint density at radius 1 is 0.857 bits per heavy atom. The van der Waals surface area contributed by atoms with Crippen LogP contribution >= 0.6 is 0 Å². The normalized spacial score (nSPS) is 13.5. The highest BCUT2D eigenvalue weighted by atomic mass is 16.2. The van der Waals surface area contributed by atoms with E-state index in [4.69, 9.17) is 16.7 Å². The summed E-state index contributed by atoms with van der Waals surface area (Å²) in [5.74, 6) is -0.449. The van der Waals surface area contributed by atoms with Crippen LogP contribution in [0.4, 0.5) is 0 Å². The molecular formula is C27H36N6O2. The standard InChI is InChI=1S/C14H19N3O.C13H17N3O/c1-3-13(16)14(18)17(2)12(10-15)9-11-7-5-4-6-8-11;1-2-12(15)13(17)16-11(9-14)8-10-6-4-3-5-7-10/h4-8,12-13H,3,9,16H2,1-2H3;3-7,11-12H,2,8,15H2,1H3,(H,16,17)/t12-,13-;11-,12-/m00/s1. The minimum absolute atomic E-state index is 0.181. The molecule has 0 aliphatic carbocycles. The van der Waals surface area contributed by atoms with Gasteiger partial charge in [0.05, 0.1) is 24.2 Å². The quantitative estimate of drug-likeness (QED) is 0.479. The van der Waals surface area contributed by atoms with Crippen molar-refractivity contribution in [2.75, 3.05) is 7.05 Å². The fourth-order valence-electron chi connectivity index (χ4n) is 3.14. The predicted octanol–water partition coefficient (Wildman–Crippen LogP) is 2.29. The Morgan fingerprint density at radius 2 is 1.34 bits per heavy atom. The van der Waals surface area contributed by atoms with E-state index in [0.717, 1.165) is 11.1 Å². The lowest BCUT2D eigenvalue weighted by molar-refractivity contribution is -0.132. The second-order valence-electron chi connectivity index (χ2n) is 8.19. The lowest BCUT2D eigenvalue weighted by Gasteiger charge is -2.25. The average molecular weight is 477 g/mol. The molecule has 0 aliphatic rings. The van der Waals surface area contributed by atoms with Crippen molar-refractivity contribution in [1.29, 1.82) is 10.5 Å². The van der Waals surface area contributed by atoms with Crippen LogP contribution in [-0.2, 0) is 22.4 Å². The third-order valence-electron chi connectivity index (χ3n) is 5.52. The highest BCUT2D eigenvalue weighted by Gasteiger charge is 2.23. The minimum Gasteiger partial charge on any atom is -0.339 e. The smallest absolute Gasteiger partial charge is 0.240 e. The summed E-state index contributed by atoms with van der Waals surface area (Å²) in [6, 6.07) is 21.4. The number of benzene rings is 2. The fraction of sp³-hybridized carbons (Fsp3) is 0.407. The average Bonchev–Trinajstić information content (AvgIpc) is 2.90. The van der Waals surface area contributed by atoms with Crippen molar-refractivity contribution in [2.24, 2.45) is 11.5 Å². The van der Waals surface area contributed by atoms with E-state index in [-0.39, 0.29) is 11.8 Å². The van der Waals surface area contributed by atoms with Crippen LogP contribution in [-0.4, -0.2) is 47.9 Å². The van der Waals surface area contributed by atoms with Crippen molar-refractivity contribution in [3.63, 3.8) is 0 Å². The molecule has 35 heavy (non-hydrogen) atoms. The molecule has 2 aromatic rings. The van der Waals surface area contributed by atoms with Gasteiger partial charge < -0.3 is 21.7 Å². The Hall–Kier alpha value is -3.72. The molecule has 0 aliphatic heterocycles. The number of carbonyl (C=O) groups is 2.